The average molecular weight is 413 g/mol. The first-order valence-corrected chi connectivity index (χ1v) is 10.2. The zero-order valence-electron chi connectivity index (χ0n) is 15.5. The third kappa shape index (κ3) is 4.04. The Kier molecular flexibility index (Phi) is 5.48. The van der Waals surface area contributed by atoms with Gasteiger partial charge in [-0.2, -0.15) is 4.31 Å². The third-order valence-corrected chi connectivity index (χ3v) is 6.58. The van der Waals surface area contributed by atoms with Crippen LogP contribution in [0, 0.1) is 0 Å². The molecule has 0 aliphatic carbocycles. The molecule has 1 fully saturated rings. The van der Waals surface area contributed by atoms with Crippen molar-refractivity contribution in [2.75, 3.05) is 13.6 Å². The van der Waals surface area contributed by atoms with Gasteiger partial charge in [-0.15, -0.1) is 5.10 Å². The molecule has 0 bridgehead atoms. The number of alkyl halides is 2. The number of carbonyl (C=O) groups is 1. The summed E-state index contributed by atoms with van der Waals surface area (Å²) in [6.45, 7) is 0.907. The molecule has 2 heterocycles. The van der Waals surface area contributed by atoms with Crippen LogP contribution in [0.3, 0.4) is 0 Å². The van der Waals surface area contributed by atoms with E-state index < -0.39 is 40.9 Å². The van der Waals surface area contributed by atoms with Crippen LogP contribution in [0.25, 0.3) is 0 Å². The smallest absolute Gasteiger partial charge is 0.273 e. The van der Waals surface area contributed by atoms with Gasteiger partial charge in [0.05, 0.1) is 30.2 Å². The Morgan fingerprint density at radius 3 is 2.61 bits per heavy atom. The molecule has 1 aromatic carbocycles. The van der Waals surface area contributed by atoms with E-state index in [2.05, 4.69) is 15.6 Å². The van der Waals surface area contributed by atoms with Gasteiger partial charge >= 0.3 is 0 Å². The van der Waals surface area contributed by atoms with Gasteiger partial charge in [-0.3, -0.25) is 9.48 Å². The summed E-state index contributed by atoms with van der Waals surface area (Å²) in [5.74, 6) is -3.62. The molecule has 1 aliphatic heterocycles. The summed E-state index contributed by atoms with van der Waals surface area (Å²) in [5, 5.41) is 9.81. The summed E-state index contributed by atoms with van der Waals surface area (Å²) < 4.78 is 56.1. The van der Waals surface area contributed by atoms with Crippen LogP contribution >= 0.6 is 0 Å². The maximum absolute atomic E-state index is 14.1. The number of hydrogen-bond acceptors (Lipinski definition) is 5. The minimum Gasteiger partial charge on any atom is -0.354 e. The molecule has 28 heavy (non-hydrogen) atoms. The van der Waals surface area contributed by atoms with Crippen LogP contribution in [0.2, 0.25) is 0 Å². The predicted molar refractivity (Wildman–Crippen MR) is 96.5 cm³/mol. The number of carbonyl (C=O) groups excluding carboxylic acids is 1. The van der Waals surface area contributed by atoms with Crippen molar-refractivity contribution in [3.8, 4) is 0 Å². The monoisotopic (exact) mass is 413 g/mol. The number of benzene rings is 1. The summed E-state index contributed by atoms with van der Waals surface area (Å²) in [6.07, 6.45) is 1.41. The van der Waals surface area contributed by atoms with Crippen LogP contribution in [0.4, 0.5) is 8.78 Å². The molecule has 3 rings (SSSR count). The fourth-order valence-corrected chi connectivity index (χ4v) is 4.82. The normalized spacial score (nSPS) is 19.6. The Labute approximate surface area is 161 Å². The van der Waals surface area contributed by atoms with Crippen LogP contribution in [0.15, 0.2) is 35.4 Å². The SMILES string of the molecule is CCc1ccc(S(=O)(=O)N2CC(F)(F)CC2Cn2cc(C(=O)NC)nn2)cc1. The lowest BCUT2D eigenvalue weighted by Gasteiger charge is -2.23. The molecular weight excluding hydrogens is 392 g/mol. The van der Waals surface area contributed by atoms with Gasteiger partial charge < -0.3 is 5.32 Å². The van der Waals surface area contributed by atoms with Crippen molar-refractivity contribution in [2.24, 2.45) is 0 Å². The van der Waals surface area contributed by atoms with Gasteiger partial charge in [-0.05, 0) is 24.1 Å². The molecule has 0 spiro atoms. The molecule has 1 aromatic heterocycles. The molecule has 8 nitrogen and oxygen atoms in total. The van der Waals surface area contributed by atoms with Crippen molar-refractivity contribution in [3.63, 3.8) is 0 Å². The molecule has 1 atom stereocenters. The van der Waals surface area contributed by atoms with E-state index in [1.807, 2.05) is 6.92 Å². The fourth-order valence-electron chi connectivity index (χ4n) is 3.17. The molecule has 1 saturated heterocycles. The Bertz CT molecular complexity index is 959. The van der Waals surface area contributed by atoms with E-state index in [-0.39, 0.29) is 17.1 Å². The van der Waals surface area contributed by atoms with E-state index in [4.69, 9.17) is 0 Å². The highest BCUT2D eigenvalue weighted by atomic mass is 32.2. The highest BCUT2D eigenvalue weighted by molar-refractivity contribution is 7.89. The topological polar surface area (TPSA) is 97.2 Å². The zero-order valence-corrected chi connectivity index (χ0v) is 16.3. The second-order valence-corrected chi connectivity index (χ2v) is 8.56. The number of halogens is 2. The summed E-state index contributed by atoms with van der Waals surface area (Å²) in [5.41, 5.74) is 0.975. The second kappa shape index (κ2) is 7.55. The largest absolute Gasteiger partial charge is 0.354 e. The highest BCUT2D eigenvalue weighted by Crippen LogP contribution is 2.36. The van der Waals surface area contributed by atoms with Crippen molar-refractivity contribution in [1.82, 2.24) is 24.6 Å². The van der Waals surface area contributed by atoms with Crippen molar-refractivity contribution in [3.05, 3.63) is 41.7 Å². The molecule has 11 heteroatoms. The second-order valence-electron chi connectivity index (χ2n) is 6.67. The van der Waals surface area contributed by atoms with E-state index >= 15 is 0 Å². The summed E-state index contributed by atoms with van der Waals surface area (Å²) in [6, 6.07) is 5.19. The minimum absolute atomic E-state index is 0.0248. The Morgan fingerprint density at radius 2 is 2.00 bits per heavy atom. The maximum atomic E-state index is 14.1. The highest BCUT2D eigenvalue weighted by Gasteiger charge is 2.50. The predicted octanol–water partition coefficient (Wildman–Crippen LogP) is 1.30. The first kappa shape index (κ1) is 20.3. The van der Waals surface area contributed by atoms with E-state index in [9.17, 15) is 22.0 Å². The molecule has 1 amide bonds. The van der Waals surface area contributed by atoms with E-state index in [0.29, 0.717) is 0 Å². The number of hydrogen-bond donors (Lipinski definition) is 1. The van der Waals surface area contributed by atoms with Crippen LogP contribution in [-0.2, 0) is 23.0 Å². The number of amides is 1. The fraction of sp³-hybridized carbons (Fsp3) is 0.471. The summed E-state index contributed by atoms with van der Waals surface area (Å²) in [4.78, 5) is 11.5. The summed E-state index contributed by atoms with van der Waals surface area (Å²) in [7, 11) is -2.68. The number of aromatic nitrogens is 3. The van der Waals surface area contributed by atoms with Gasteiger partial charge in [0.15, 0.2) is 5.69 Å². The molecular formula is C17H21F2N5O3S. The molecule has 1 aliphatic rings. The van der Waals surface area contributed by atoms with Crippen molar-refractivity contribution >= 4 is 15.9 Å². The number of rotatable bonds is 6. The number of nitrogens with zero attached hydrogens (tertiary/aromatic N) is 4. The zero-order chi connectivity index (χ0) is 20.5. The Morgan fingerprint density at radius 1 is 1.32 bits per heavy atom. The van der Waals surface area contributed by atoms with E-state index in [0.717, 1.165) is 16.3 Å². The molecule has 152 valence electrons. The third-order valence-electron chi connectivity index (χ3n) is 4.66. The number of nitrogens with one attached hydrogen (secondary N) is 1. The number of aryl methyl sites for hydroxylation is 1. The first-order valence-electron chi connectivity index (χ1n) is 8.77. The summed E-state index contributed by atoms with van der Waals surface area (Å²) >= 11 is 0. The van der Waals surface area contributed by atoms with Gasteiger partial charge in [0, 0.05) is 13.5 Å². The molecule has 1 N–H and O–H groups in total. The van der Waals surface area contributed by atoms with Gasteiger partial charge in [0.25, 0.3) is 11.8 Å². The van der Waals surface area contributed by atoms with Crippen LogP contribution in [0.5, 0.6) is 0 Å². The standard InChI is InChI=1S/C17H21F2N5O3S/c1-3-12-4-6-14(7-5-12)28(26,27)24-11-17(18,19)8-13(24)9-23-10-15(21-22-23)16(25)20-2/h4-7,10,13H,3,8-9,11H2,1-2H3,(H,20,25). The molecule has 0 radical (unpaired) electrons. The quantitative estimate of drug-likeness (QED) is 0.770. The number of sulfonamides is 1. The molecule has 2 aromatic rings. The lowest BCUT2D eigenvalue weighted by molar-refractivity contribution is 0.0168. The molecule has 0 saturated carbocycles. The van der Waals surface area contributed by atoms with Gasteiger partial charge in [-0.1, -0.05) is 24.3 Å². The average Bonchev–Trinajstić information content (AvgIpc) is 3.25. The van der Waals surface area contributed by atoms with E-state index in [1.165, 1.54) is 30.1 Å². The Hall–Kier alpha value is -2.40. The van der Waals surface area contributed by atoms with Gasteiger partial charge in [0.1, 0.15) is 0 Å². The van der Waals surface area contributed by atoms with E-state index in [1.54, 1.807) is 12.1 Å². The van der Waals surface area contributed by atoms with Crippen LogP contribution < -0.4 is 5.32 Å². The van der Waals surface area contributed by atoms with Crippen LogP contribution in [-0.4, -0.2) is 59.2 Å². The Balaban J connectivity index is 1.87. The minimum atomic E-state index is -4.11. The lowest BCUT2D eigenvalue weighted by atomic mass is 10.2. The van der Waals surface area contributed by atoms with Gasteiger partial charge in [0.2, 0.25) is 10.0 Å². The first-order chi connectivity index (χ1) is 13.2. The van der Waals surface area contributed by atoms with Gasteiger partial charge in [-0.25, -0.2) is 17.2 Å². The molecule has 1 unspecified atom stereocenters. The van der Waals surface area contributed by atoms with Crippen molar-refractivity contribution < 1.29 is 22.0 Å². The lowest BCUT2D eigenvalue weighted by Crippen LogP contribution is -2.38. The van der Waals surface area contributed by atoms with Crippen molar-refractivity contribution in [1.29, 1.82) is 0 Å². The van der Waals surface area contributed by atoms with Crippen LogP contribution in [0.1, 0.15) is 29.4 Å². The van der Waals surface area contributed by atoms with Crippen molar-refractivity contribution in [2.45, 2.75) is 43.2 Å². The maximum Gasteiger partial charge on any atom is 0.273 e.